The van der Waals surface area contributed by atoms with E-state index in [9.17, 15) is 0 Å². The third-order valence-electron chi connectivity index (χ3n) is 3.19. The Morgan fingerprint density at radius 3 is 2.50 bits per heavy atom. The second-order valence-electron chi connectivity index (χ2n) is 5.79. The summed E-state index contributed by atoms with van der Waals surface area (Å²) in [7, 11) is 0. The van der Waals surface area contributed by atoms with E-state index < -0.39 is 0 Å². The predicted molar refractivity (Wildman–Crippen MR) is 98.5 cm³/mol. The SMILES string of the molecule is CC1=CC2C=CC=C2S1.CCCCC1=CC[C-]=C1.C[C](C)=[Zr+2].[Cl-].[Cl-]. The van der Waals surface area contributed by atoms with E-state index in [0.717, 1.165) is 6.42 Å². The fourth-order valence-electron chi connectivity index (χ4n) is 2.18. The van der Waals surface area contributed by atoms with Crippen molar-refractivity contribution in [2.45, 2.75) is 53.4 Å². The van der Waals surface area contributed by atoms with Gasteiger partial charge < -0.3 is 24.8 Å². The minimum absolute atomic E-state index is 0. The maximum absolute atomic E-state index is 3.16. The van der Waals surface area contributed by atoms with E-state index in [-0.39, 0.29) is 24.8 Å². The number of hydrogen-bond donors (Lipinski definition) is 0. The molecular weight excluding hydrogens is 434 g/mol. The first-order valence-electron chi connectivity index (χ1n) is 8.05. The Hall–Kier alpha value is 0.383. The standard InChI is InChI=1S/C9H13.C8H8S.C3H6.2ClH.Zr/c1-2-3-6-9-7-4-5-8-9;1-6-5-7-3-2-4-8(7)9-6;1-3-2;;;/h7-8H,2-4,6H2,1H3;2-5,7H,1H3;1-2H3;2*1H;/q-1;;;;;+2/p-2. The Labute approximate surface area is 180 Å². The van der Waals surface area contributed by atoms with Gasteiger partial charge in [0.1, 0.15) is 0 Å². The zero-order chi connectivity index (χ0) is 16.4. The maximum Gasteiger partial charge on any atom is -1.00 e. The van der Waals surface area contributed by atoms with Crippen molar-refractivity contribution in [3.63, 3.8) is 0 Å². The van der Waals surface area contributed by atoms with Crippen LogP contribution in [0, 0.1) is 12.0 Å². The Bertz CT molecular complexity index is 524. The molecule has 1 heterocycles. The zero-order valence-electron chi connectivity index (χ0n) is 15.0. The van der Waals surface area contributed by atoms with Gasteiger partial charge in [-0.1, -0.05) is 62.3 Å². The Balaban J connectivity index is 0. The van der Waals surface area contributed by atoms with Crippen LogP contribution in [0.15, 0.2) is 51.8 Å². The van der Waals surface area contributed by atoms with E-state index in [1.807, 2.05) is 11.8 Å². The van der Waals surface area contributed by atoms with Gasteiger partial charge in [-0.2, -0.15) is 6.08 Å². The summed E-state index contributed by atoms with van der Waals surface area (Å²) >= 11 is 3.45. The summed E-state index contributed by atoms with van der Waals surface area (Å²) < 4.78 is 1.51. The van der Waals surface area contributed by atoms with Crippen molar-refractivity contribution in [3.05, 3.63) is 57.9 Å². The summed E-state index contributed by atoms with van der Waals surface area (Å²) in [5, 5.41) is 0. The van der Waals surface area contributed by atoms with E-state index in [2.05, 4.69) is 70.2 Å². The smallest absolute Gasteiger partial charge is 1.00 e. The van der Waals surface area contributed by atoms with Crippen molar-refractivity contribution in [2.24, 2.45) is 5.92 Å². The van der Waals surface area contributed by atoms with Gasteiger partial charge in [-0.25, -0.2) is 11.6 Å². The van der Waals surface area contributed by atoms with Crippen molar-refractivity contribution in [1.29, 1.82) is 0 Å². The summed E-state index contributed by atoms with van der Waals surface area (Å²) in [6, 6.07) is 0. The molecule has 0 saturated carbocycles. The normalized spacial score (nSPS) is 18.6. The summed E-state index contributed by atoms with van der Waals surface area (Å²) in [6.07, 6.45) is 21.3. The van der Waals surface area contributed by atoms with Gasteiger partial charge in [0.05, 0.1) is 0 Å². The van der Waals surface area contributed by atoms with Crippen LogP contribution in [0.1, 0.15) is 53.4 Å². The molecule has 24 heavy (non-hydrogen) atoms. The minimum atomic E-state index is 0. The molecule has 0 saturated heterocycles. The van der Waals surface area contributed by atoms with Crippen molar-refractivity contribution < 1.29 is 49.0 Å². The molecule has 3 rings (SSSR count). The molecule has 0 spiro atoms. The Morgan fingerprint density at radius 2 is 2.00 bits per heavy atom. The molecule has 0 aromatic heterocycles. The fraction of sp³-hybridized carbons (Fsp3) is 0.450. The van der Waals surface area contributed by atoms with Gasteiger partial charge in [-0.3, -0.25) is 6.08 Å². The molecule has 0 aromatic rings. The van der Waals surface area contributed by atoms with Crippen molar-refractivity contribution in [1.82, 2.24) is 0 Å². The van der Waals surface area contributed by atoms with E-state index in [1.165, 1.54) is 37.9 Å². The molecule has 0 aromatic carbocycles. The van der Waals surface area contributed by atoms with Gasteiger partial charge in [-0.05, 0) is 11.8 Å². The monoisotopic (exact) mass is 459 g/mol. The number of rotatable bonds is 3. The number of allylic oxidation sites excluding steroid dienone is 10. The van der Waals surface area contributed by atoms with Crippen LogP contribution in [0.5, 0.6) is 0 Å². The number of fused-ring (bicyclic) bond motifs is 1. The van der Waals surface area contributed by atoms with Gasteiger partial charge in [0.25, 0.3) is 0 Å². The van der Waals surface area contributed by atoms with Crippen LogP contribution in [0.25, 0.3) is 0 Å². The largest absolute Gasteiger partial charge is 1.00 e. The predicted octanol–water partition coefficient (Wildman–Crippen LogP) is 0.326. The summed E-state index contributed by atoms with van der Waals surface area (Å²) in [6.45, 7) is 8.64. The Kier molecular flexibility index (Phi) is 17.3. The van der Waals surface area contributed by atoms with Crippen molar-refractivity contribution in [3.8, 4) is 0 Å². The number of thioether (sulfide) groups is 1. The van der Waals surface area contributed by atoms with Gasteiger partial charge in [0, 0.05) is 10.8 Å². The van der Waals surface area contributed by atoms with Crippen molar-refractivity contribution >= 4 is 15.0 Å². The van der Waals surface area contributed by atoms with E-state index in [1.54, 1.807) is 24.2 Å². The average molecular weight is 462 g/mol. The quantitative estimate of drug-likeness (QED) is 0.546. The van der Waals surface area contributed by atoms with E-state index in [4.69, 9.17) is 0 Å². The van der Waals surface area contributed by atoms with Crippen LogP contribution >= 0.6 is 11.8 Å². The molecule has 0 amide bonds. The molecule has 0 radical (unpaired) electrons. The Morgan fingerprint density at radius 1 is 1.33 bits per heavy atom. The topological polar surface area (TPSA) is 0 Å². The third kappa shape index (κ3) is 11.9. The number of hydrogen-bond acceptors (Lipinski definition) is 1. The number of unbranched alkanes of at least 4 members (excludes halogenated alkanes) is 1. The first-order chi connectivity index (χ1) is 10.5. The zero-order valence-corrected chi connectivity index (χ0v) is 19.8. The van der Waals surface area contributed by atoms with Gasteiger partial charge in [0.15, 0.2) is 0 Å². The van der Waals surface area contributed by atoms with Gasteiger partial charge >= 0.3 is 41.3 Å². The van der Waals surface area contributed by atoms with Crippen LogP contribution in [0.2, 0.25) is 0 Å². The van der Waals surface area contributed by atoms with Gasteiger partial charge in [-0.15, -0.1) is 6.42 Å². The van der Waals surface area contributed by atoms with E-state index >= 15 is 0 Å². The van der Waals surface area contributed by atoms with Crippen LogP contribution in [0.4, 0.5) is 0 Å². The summed E-state index contributed by atoms with van der Waals surface area (Å²) in [4.78, 5) is 2.93. The number of halogens is 2. The molecule has 132 valence electrons. The molecule has 0 nitrogen and oxygen atoms in total. The second-order valence-corrected chi connectivity index (χ2v) is 9.57. The minimum Gasteiger partial charge on any atom is -1.00 e. The third-order valence-corrected chi connectivity index (χ3v) is 4.29. The second kappa shape index (κ2) is 15.6. The van der Waals surface area contributed by atoms with Gasteiger partial charge in [0.2, 0.25) is 0 Å². The molecule has 0 N–H and O–H groups in total. The average Bonchev–Trinajstić information content (AvgIpc) is 3.12. The summed E-state index contributed by atoms with van der Waals surface area (Å²) in [5.41, 5.74) is 1.48. The van der Waals surface area contributed by atoms with E-state index in [0.29, 0.717) is 5.92 Å². The molecule has 3 aliphatic rings. The molecule has 1 unspecified atom stereocenters. The van der Waals surface area contributed by atoms with Crippen molar-refractivity contribution in [2.75, 3.05) is 0 Å². The first-order valence-corrected chi connectivity index (χ1v) is 10.1. The molecule has 0 bridgehead atoms. The maximum atomic E-state index is 3.16. The van der Waals surface area contributed by atoms with Crippen LogP contribution in [-0.2, 0) is 24.2 Å². The molecule has 2 aliphatic carbocycles. The molecule has 1 aliphatic heterocycles. The van der Waals surface area contributed by atoms with Crippen LogP contribution in [-0.4, -0.2) is 3.21 Å². The molecule has 4 heteroatoms. The molecule has 1 atom stereocenters. The van der Waals surface area contributed by atoms with Crippen LogP contribution in [0.3, 0.4) is 0 Å². The summed E-state index contributed by atoms with van der Waals surface area (Å²) in [5.74, 6) is 0.634. The van der Waals surface area contributed by atoms with Crippen LogP contribution < -0.4 is 24.8 Å². The first kappa shape index (κ1) is 26.6. The molecular formula is C20H27Cl2SZr-. The molecule has 0 fully saturated rings. The fourth-order valence-corrected chi connectivity index (χ4v) is 3.20.